The van der Waals surface area contributed by atoms with Crippen LogP contribution in [0.25, 0.3) is 0 Å². The second-order valence-corrected chi connectivity index (χ2v) is 4.04. The van der Waals surface area contributed by atoms with E-state index in [-0.39, 0.29) is 6.54 Å². The topological polar surface area (TPSA) is 90.1 Å². The van der Waals surface area contributed by atoms with E-state index in [2.05, 4.69) is 16.3 Å². The van der Waals surface area contributed by atoms with Gasteiger partial charge in [-0.3, -0.25) is 4.79 Å². The van der Waals surface area contributed by atoms with Crippen LogP contribution in [0.1, 0.15) is 30.2 Å². The van der Waals surface area contributed by atoms with Crippen molar-refractivity contribution in [3.8, 4) is 6.07 Å². The number of aliphatic carboxylic acids is 1. The molecule has 1 aromatic rings. The molecule has 0 saturated carbocycles. The molecule has 1 N–H and O–H groups in total. The highest BCUT2D eigenvalue weighted by molar-refractivity contribution is 5.74. The Hall–Kier alpha value is -2.16. The predicted molar refractivity (Wildman–Crippen MR) is 66.4 cm³/mol. The van der Waals surface area contributed by atoms with E-state index >= 15 is 0 Å². The smallest absolute Gasteiger partial charge is 0.323 e. The lowest BCUT2D eigenvalue weighted by molar-refractivity contribution is -0.135. The zero-order valence-electron chi connectivity index (χ0n) is 10.8. The summed E-state index contributed by atoms with van der Waals surface area (Å²) in [6.45, 7) is 5.85. The molecule has 0 unspecified atom stereocenters. The average Bonchev–Trinajstić information content (AvgIpc) is 2.31. The molecular weight excluding hydrogens is 232 g/mol. The number of rotatable bonds is 5. The van der Waals surface area contributed by atoms with Gasteiger partial charge < -0.3 is 10.0 Å². The molecule has 0 saturated heterocycles. The van der Waals surface area contributed by atoms with Gasteiger partial charge in [0.05, 0.1) is 5.69 Å². The van der Waals surface area contributed by atoms with E-state index in [1.54, 1.807) is 18.7 Å². The maximum Gasteiger partial charge on any atom is 0.323 e. The van der Waals surface area contributed by atoms with Crippen molar-refractivity contribution in [1.82, 2.24) is 10.2 Å². The van der Waals surface area contributed by atoms with Crippen LogP contribution in [0.3, 0.4) is 0 Å². The number of aromatic nitrogens is 2. The highest BCUT2D eigenvalue weighted by Crippen LogP contribution is 2.21. The van der Waals surface area contributed by atoms with Gasteiger partial charge in [0, 0.05) is 6.54 Å². The van der Waals surface area contributed by atoms with Crippen molar-refractivity contribution < 1.29 is 9.90 Å². The molecule has 0 fully saturated rings. The molecular formula is C12H16N4O2. The fraction of sp³-hybridized carbons (Fsp3) is 0.500. The summed E-state index contributed by atoms with van der Waals surface area (Å²) in [5.41, 5.74) is 1.83. The summed E-state index contributed by atoms with van der Waals surface area (Å²) < 4.78 is 0. The molecule has 1 aromatic heterocycles. The number of anilines is 1. The van der Waals surface area contributed by atoms with Gasteiger partial charge in [0.15, 0.2) is 5.82 Å². The highest BCUT2D eigenvalue weighted by atomic mass is 16.4. The Labute approximate surface area is 106 Å². The van der Waals surface area contributed by atoms with E-state index in [0.29, 0.717) is 23.6 Å². The highest BCUT2D eigenvalue weighted by Gasteiger charge is 2.18. The Balaban J connectivity index is 3.24. The van der Waals surface area contributed by atoms with Crippen LogP contribution in [0.2, 0.25) is 0 Å². The molecule has 1 heterocycles. The molecule has 0 atom stereocenters. The summed E-state index contributed by atoms with van der Waals surface area (Å²) in [7, 11) is 0. The van der Waals surface area contributed by atoms with Crippen LogP contribution in [0.4, 0.5) is 5.82 Å². The van der Waals surface area contributed by atoms with Gasteiger partial charge in [0.25, 0.3) is 0 Å². The summed E-state index contributed by atoms with van der Waals surface area (Å²) in [6, 6.07) is 2.08. The summed E-state index contributed by atoms with van der Waals surface area (Å²) in [4.78, 5) is 12.4. The van der Waals surface area contributed by atoms with Gasteiger partial charge in [-0.05, 0) is 25.8 Å². The van der Waals surface area contributed by atoms with E-state index in [1.165, 1.54) is 0 Å². The number of nitriles is 1. The van der Waals surface area contributed by atoms with Crippen LogP contribution < -0.4 is 4.90 Å². The lowest BCUT2D eigenvalue weighted by Gasteiger charge is -2.22. The molecule has 0 aromatic carbocycles. The third-order valence-electron chi connectivity index (χ3n) is 2.67. The molecule has 0 amide bonds. The van der Waals surface area contributed by atoms with Crippen molar-refractivity contribution in [2.75, 3.05) is 18.0 Å². The number of hydrogen-bond acceptors (Lipinski definition) is 5. The largest absolute Gasteiger partial charge is 0.480 e. The summed E-state index contributed by atoms with van der Waals surface area (Å²) in [5, 5.41) is 26.0. The van der Waals surface area contributed by atoms with Gasteiger partial charge in [0.2, 0.25) is 0 Å². The zero-order valence-corrected chi connectivity index (χ0v) is 10.8. The Morgan fingerprint density at radius 1 is 1.44 bits per heavy atom. The van der Waals surface area contributed by atoms with E-state index in [4.69, 9.17) is 5.11 Å². The van der Waals surface area contributed by atoms with Crippen molar-refractivity contribution >= 4 is 11.8 Å². The molecule has 6 heteroatoms. The number of nitrogens with zero attached hydrogens (tertiary/aromatic N) is 4. The van der Waals surface area contributed by atoms with Gasteiger partial charge in [0.1, 0.15) is 18.2 Å². The Morgan fingerprint density at radius 2 is 2.11 bits per heavy atom. The number of hydrogen-bond donors (Lipinski definition) is 1. The van der Waals surface area contributed by atoms with Crippen LogP contribution in [0.15, 0.2) is 0 Å². The second-order valence-electron chi connectivity index (χ2n) is 4.04. The molecule has 0 radical (unpaired) electrons. The minimum absolute atomic E-state index is 0.181. The van der Waals surface area contributed by atoms with Crippen LogP contribution in [0.5, 0.6) is 0 Å². The van der Waals surface area contributed by atoms with Gasteiger partial charge >= 0.3 is 5.97 Å². The first-order chi connectivity index (χ1) is 8.51. The normalized spacial score (nSPS) is 9.89. The third-order valence-corrected chi connectivity index (χ3v) is 2.67. The molecule has 0 aliphatic heterocycles. The van der Waals surface area contributed by atoms with E-state index < -0.39 is 5.97 Å². The molecule has 0 aliphatic carbocycles. The SMILES string of the molecule is CCCN(CC(=O)O)c1nnc(C)c(C)c1C#N. The van der Waals surface area contributed by atoms with Crippen LogP contribution >= 0.6 is 0 Å². The van der Waals surface area contributed by atoms with Crippen molar-refractivity contribution in [3.63, 3.8) is 0 Å². The van der Waals surface area contributed by atoms with Gasteiger partial charge in [-0.15, -0.1) is 5.10 Å². The van der Waals surface area contributed by atoms with E-state index in [1.807, 2.05) is 6.92 Å². The maximum atomic E-state index is 10.8. The molecule has 96 valence electrons. The zero-order chi connectivity index (χ0) is 13.7. The molecule has 18 heavy (non-hydrogen) atoms. The van der Waals surface area contributed by atoms with Crippen molar-refractivity contribution in [2.45, 2.75) is 27.2 Å². The maximum absolute atomic E-state index is 10.8. The first-order valence-corrected chi connectivity index (χ1v) is 5.72. The van der Waals surface area contributed by atoms with Gasteiger partial charge in [-0.25, -0.2) is 0 Å². The predicted octanol–water partition coefficient (Wildman–Crippen LogP) is 1.27. The average molecular weight is 248 g/mol. The Kier molecular flexibility index (Phi) is 4.60. The van der Waals surface area contributed by atoms with Gasteiger partial charge in [-0.1, -0.05) is 6.92 Å². The van der Waals surface area contributed by atoms with Crippen molar-refractivity contribution in [2.24, 2.45) is 0 Å². The lowest BCUT2D eigenvalue weighted by Crippen LogP contribution is -2.32. The first-order valence-electron chi connectivity index (χ1n) is 5.72. The van der Waals surface area contributed by atoms with E-state index in [0.717, 1.165) is 12.0 Å². The minimum atomic E-state index is -0.952. The summed E-state index contributed by atoms with van der Waals surface area (Å²) in [6.07, 6.45) is 0.771. The molecule has 6 nitrogen and oxygen atoms in total. The standard InChI is InChI=1S/C12H16N4O2/c1-4-5-16(7-11(17)18)12-10(6-13)8(2)9(3)14-15-12/h4-5,7H2,1-3H3,(H,17,18). The third kappa shape index (κ3) is 2.94. The van der Waals surface area contributed by atoms with Crippen LogP contribution in [0, 0.1) is 25.2 Å². The van der Waals surface area contributed by atoms with E-state index in [9.17, 15) is 10.1 Å². The molecule has 1 rings (SSSR count). The Morgan fingerprint density at radius 3 is 2.61 bits per heavy atom. The number of aryl methyl sites for hydroxylation is 1. The first kappa shape index (κ1) is 13.9. The number of carboxylic acid groups (broad SMARTS) is 1. The van der Waals surface area contributed by atoms with Gasteiger partial charge in [-0.2, -0.15) is 10.4 Å². The summed E-state index contributed by atoms with van der Waals surface area (Å²) in [5.74, 6) is -0.600. The minimum Gasteiger partial charge on any atom is -0.480 e. The second kappa shape index (κ2) is 5.96. The fourth-order valence-electron chi connectivity index (χ4n) is 1.64. The number of carbonyl (C=O) groups is 1. The quantitative estimate of drug-likeness (QED) is 0.843. The monoisotopic (exact) mass is 248 g/mol. The van der Waals surface area contributed by atoms with Crippen molar-refractivity contribution in [1.29, 1.82) is 5.26 Å². The molecule has 0 spiro atoms. The Bertz CT molecular complexity index is 494. The summed E-state index contributed by atoms with van der Waals surface area (Å²) >= 11 is 0. The lowest BCUT2D eigenvalue weighted by atomic mass is 10.1. The molecule has 0 bridgehead atoms. The van der Waals surface area contributed by atoms with Crippen LogP contribution in [-0.4, -0.2) is 34.4 Å². The van der Waals surface area contributed by atoms with Crippen LogP contribution in [-0.2, 0) is 4.79 Å². The van der Waals surface area contributed by atoms with Crippen molar-refractivity contribution in [3.05, 3.63) is 16.8 Å². The fourth-order valence-corrected chi connectivity index (χ4v) is 1.64. The number of carboxylic acids is 1. The molecule has 0 aliphatic rings.